The van der Waals surface area contributed by atoms with Gasteiger partial charge in [-0.05, 0) is 103 Å². The van der Waals surface area contributed by atoms with Gasteiger partial charge in [-0.15, -0.1) is 0 Å². The maximum atomic E-state index is 11.9. The summed E-state index contributed by atoms with van der Waals surface area (Å²) >= 11 is 0. The number of aliphatic hydroxyl groups excluding tert-OH is 1. The van der Waals surface area contributed by atoms with Crippen molar-refractivity contribution < 1.29 is 29.3 Å². The number of nitrogens with two attached hydrogens (primary N) is 1. The Bertz CT molecular complexity index is 799. The first-order valence-electron chi connectivity index (χ1n) is 23.8. The number of cyclic esters (lactones) is 1. The maximum Gasteiger partial charge on any atom is 0.306 e. The predicted octanol–water partition coefficient (Wildman–Crippen LogP) is 11.1. The van der Waals surface area contributed by atoms with Crippen LogP contribution in [-0.2, 0) is 19.1 Å². The number of ether oxygens (including phenoxy) is 1. The molecule has 1 heterocycles. The van der Waals surface area contributed by atoms with E-state index in [1.54, 1.807) is 0 Å². The highest BCUT2D eigenvalue weighted by Crippen LogP contribution is 2.21. The molecule has 1 amide bonds. The fraction of sp³-hybridized carbons (Fsp3) is 0.938. The van der Waals surface area contributed by atoms with Crippen LogP contribution in [0.4, 0.5) is 0 Å². The lowest BCUT2D eigenvalue weighted by Crippen LogP contribution is -2.28. The van der Waals surface area contributed by atoms with Crippen molar-refractivity contribution in [3.63, 3.8) is 0 Å². The van der Waals surface area contributed by atoms with Crippen LogP contribution in [0.3, 0.4) is 0 Å². The highest BCUT2D eigenvalue weighted by molar-refractivity contribution is 5.75. The monoisotopic (exact) mass is 815 g/mol. The Kier molecular flexibility index (Phi) is 54.8. The van der Waals surface area contributed by atoms with E-state index >= 15 is 0 Å². The van der Waals surface area contributed by atoms with Crippen LogP contribution in [-0.4, -0.2) is 72.8 Å². The number of amides is 1. The van der Waals surface area contributed by atoms with Crippen LogP contribution >= 0.6 is 0 Å². The molecule has 1 rings (SSSR count). The number of carboxylic acid groups (broad SMARTS) is 1. The van der Waals surface area contributed by atoms with Crippen LogP contribution in [0.25, 0.3) is 0 Å². The molecule has 0 aromatic heterocycles. The summed E-state index contributed by atoms with van der Waals surface area (Å²) in [5.41, 5.74) is 5.51. The van der Waals surface area contributed by atoms with Crippen molar-refractivity contribution in [1.29, 1.82) is 0 Å². The molecule has 0 bridgehead atoms. The first-order chi connectivity index (χ1) is 27.0. The van der Waals surface area contributed by atoms with Crippen molar-refractivity contribution in [3.8, 4) is 0 Å². The maximum absolute atomic E-state index is 11.9. The van der Waals surface area contributed by atoms with Gasteiger partial charge in [0, 0.05) is 25.4 Å². The van der Waals surface area contributed by atoms with E-state index in [2.05, 4.69) is 51.8 Å². The van der Waals surface area contributed by atoms with Crippen molar-refractivity contribution in [2.75, 3.05) is 32.7 Å². The Hall–Kier alpha value is -1.71. The van der Waals surface area contributed by atoms with Gasteiger partial charge in [0.05, 0.1) is 6.10 Å². The lowest BCUT2D eigenvalue weighted by atomic mass is 9.91. The second kappa shape index (κ2) is 50.4. The highest BCUT2D eigenvalue weighted by Gasteiger charge is 2.22. The number of hydrogen-bond acceptors (Lipinski definition) is 8. The smallest absolute Gasteiger partial charge is 0.306 e. The zero-order chi connectivity index (χ0) is 42.5. The third kappa shape index (κ3) is 52.3. The number of unbranched alkanes of at least 4 members (excludes halogenated alkanes) is 12. The SMILES string of the molecule is C.CC(=O)[O-].CCCCCCCC(O)CCC(=O)NCCCC(CCCC)CCCC.CCCCCCCC1CCC(=O)O1.CCCCN(CCCC)CCCN. The van der Waals surface area contributed by atoms with Gasteiger partial charge in [0.25, 0.3) is 0 Å². The summed E-state index contributed by atoms with van der Waals surface area (Å²) in [7, 11) is 0. The molecule has 344 valence electrons. The molecule has 1 aliphatic heterocycles. The molecule has 9 heteroatoms. The third-order valence-electron chi connectivity index (χ3n) is 10.3. The highest BCUT2D eigenvalue weighted by atomic mass is 16.5. The lowest BCUT2D eigenvalue weighted by molar-refractivity contribution is -0.302. The average molecular weight is 815 g/mol. The Morgan fingerprint density at radius 2 is 1.19 bits per heavy atom. The van der Waals surface area contributed by atoms with Crippen molar-refractivity contribution in [2.24, 2.45) is 11.7 Å². The molecule has 1 fully saturated rings. The Morgan fingerprint density at radius 3 is 1.67 bits per heavy atom. The van der Waals surface area contributed by atoms with E-state index < -0.39 is 5.97 Å². The summed E-state index contributed by atoms with van der Waals surface area (Å²) in [5.74, 6) is -0.145. The number of carbonyl (C=O) groups is 3. The molecule has 1 saturated heterocycles. The van der Waals surface area contributed by atoms with E-state index in [0.717, 1.165) is 64.5 Å². The average Bonchev–Trinajstić information content (AvgIpc) is 3.60. The van der Waals surface area contributed by atoms with E-state index in [1.165, 1.54) is 148 Å². The molecule has 2 unspecified atom stereocenters. The zero-order valence-corrected chi connectivity index (χ0v) is 38.3. The molecule has 0 aliphatic carbocycles. The van der Waals surface area contributed by atoms with Crippen LogP contribution in [0.2, 0.25) is 0 Å². The zero-order valence-electron chi connectivity index (χ0n) is 38.3. The molecule has 2 atom stereocenters. The van der Waals surface area contributed by atoms with Crippen molar-refractivity contribution in [2.45, 2.75) is 254 Å². The first kappa shape index (κ1) is 61.9. The molecule has 0 spiro atoms. The van der Waals surface area contributed by atoms with E-state index in [4.69, 9.17) is 20.4 Å². The van der Waals surface area contributed by atoms with Gasteiger partial charge in [-0.2, -0.15) is 0 Å². The van der Waals surface area contributed by atoms with Crippen LogP contribution in [0.15, 0.2) is 0 Å². The molecule has 0 aromatic carbocycles. The van der Waals surface area contributed by atoms with Crippen LogP contribution in [0.1, 0.15) is 242 Å². The Morgan fingerprint density at radius 1 is 0.719 bits per heavy atom. The topological polar surface area (TPSA) is 145 Å². The molecule has 0 radical (unpaired) electrons. The van der Waals surface area contributed by atoms with Gasteiger partial charge in [-0.25, -0.2) is 0 Å². The lowest BCUT2D eigenvalue weighted by Gasteiger charge is -2.21. The van der Waals surface area contributed by atoms with E-state index in [0.29, 0.717) is 19.3 Å². The van der Waals surface area contributed by atoms with Crippen LogP contribution < -0.4 is 16.2 Å². The standard InChI is InChI=1S/C23H47NO2.C11H26N2.C11H20O2.C2H4O2.CH4/c1-4-7-10-11-12-17-22(25)18-19-23(26)24-20-13-16-21(14-8-5-2)15-9-6-3;1-3-5-9-13(10-6-4-2)11-7-8-12;1-2-3-4-5-6-7-10-8-9-11(12)13-10;1-2(3)4;/h21-22,25H,4-20H2,1-3H3,(H,24,26);3-12H2,1-2H3;10H,2-9H2,1H3;1H3,(H,3,4);1H4/p-1. The molecule has 9 nitrogen and oxygen atoms in total. The van der Waals surface area contributed by atoms with Crippen LogP contribution in [0.5, 0.6) is 0 Å². The van der Waals surface area contributed by atoms with Gasteiger partial charge in [-0.1, -0.05) is 158 Å². The van der Waals surface area contributed by atoms with Gasteiger partial charge in [0.2, 0.25) is 5.91 Å². The number of carbonyl (C=O) groups excluding carboxylic acids is 3. The number of esters is 1. The first-order valence-corrected chi connectivity index (χ1v) is 23.8. The number of nitrogens with zero attached hydrogens (tertiary/aromatic N) is 1. The molecule has 4 N–H and O–H groups in total. The number of aliphatic hydroxyl groups is 1. The molecule has 0 aromatic rings. The van der Waals surface area contributed by atoms with E-state index in [1.807, 2.05) is 0 Å². The molecule has 57 heavy (non-hydrogen) atoms. The van der Waals surface area contributed by atoms with Gasteiger partial charge in [0.15, 0.2) is 0 Å². The summed E-state index contributed by atoms with van der Waals surface area (Å²) < 4.78 is 5.13. The second-order valence-electron chi connectivity index (χ2n) is 16.1. The fourth-order valence-electron chi connectivity index (χ4n) is 6.73. The Balaban J connectivity index is -0.000000379. The normalized spacial score (nSPS) is 13.7. The molecular weight excluding hydrogens is 715 g/mol. The van der Waals surface area contributed by atoms with Gasteiger partial charge in [-0.3, -0.25) is 9.59 Å². The van der Waals surface area contributed by atoms with Gasteiger partial charge in [0.1, 0.15) is 6.10 Å². The molecule has 1 aliphatic rings. The van der Waals surface area contributed by atoms with Crippen molar-refractivity contribution in [1.82, 2.24) is 10.2 Å². The molecular formula is C48H100N3O6-. The van der Waals surface area contributed by atoms with Crippen LogP contribution in [0, 0.1) is 5.92 Å². The Labute approximate surface area is 355 Å². The van der Waals surface area contributed by atoms with Crippen molar-refractivity contribution in [3.05, 3.63) is 0 Å². The second-order valence-corrected chi connectivity index (χ2v) is 16.1. The van der Waals surface area contributed by atoms with Gasteiger partial charge < -0.3 is 35.7 Å². The minimum Gasteiger partial charge on any atom is -0.550 e. The number of rotatable bonds is 34. The summed E-state index contributed by atoms with van der Waals surface area (Å²) in [6.07, 6.45) is 33.7. The largest absolute Gasteiger partial charge is 0.550 e. The summed E-state index contributed by atoms with van der Waals surface area (Å²) in [5, 5.41) is 21.9. The quantitative estimate of drug-likeness (QED) is 0.0430. The minimum atomic E-state index is -1.08. The number of nitrogens with one attached hydrogen (secondary N) is 1. The number of aliphatic carboxylic acids is 1. The summed E-state index contributed by atoms with van der Waals surface area (Å²) in [4.78, 5) is 34.1. The minimum absolute atomic E-state index is 0. The number of carboxylic acids is 1. The molecule has 0 saturated carbocycles. The van der Waals surface area contributed by atoms with E-state index in [9.17, 15) is 14.7 Å². The predicted molar refractivity (Wildman–Crippen MR) is 243 cm³/mol. The number of hydrogen-bond donors (Lipinski definition) is 3. The summed E-state index contributed by atoms with van der Waals surface area (Å²) in [6, 6.07) is 0. The summed E-state index contributed by atoms with van der Waals surface area (Å²) in [6.45, 7) is 19.8. The van der Waals surface area contributed by atoms with Crippen molar-refractivity contribution >= 4 is 17.8 Å². The van der Waals surface area contributed by atoms with Gasteiger partial charge >= 0.3 is 5.97 Å². The fourth-order valence-corrected chi connectivity index (χ4v) is 6.73. The van der Waals surface area contributed by atoms with E-state index in [-0.39, 0.29) is 31.5 Å². The third-order valence-corrected chi connectivity index (χ3v) is 10.3.